The van der Waals surface area contributed by atoms with Gasteiger partial charge in [-0.1, -0.05) is 43.6 Å². The van der Waals surface area contributed by atoms with Crippen molar-refractivity contribution in [3.63, 3.8) is 0 Å². The van der Waals surface area contributed by atoms with Crippen LogP contribution < -0.4 is 4.74 Å². The average Bonchev–Trinajstić information content (AvgIpc) is 2.58. The molecule has 2 fully saturated rings. The number of carbonyl (C=O) groups excluding carboxylic acids is 2. The van der Waals surface area contributed by atoms with E-state index < -0.39 is 30.0 Å². The van der Waals surface area contributed by atoms with Gasteiger partial charge in [0.05, 0.1) is 31.2 Å². The van der Waals surface area contributed by atoms with Gasteiger partial charge in [0.15, 0.2) is 11.5 Å². The van der Waals surface area contributed by atoms with Crippen LogP contribution >= 0.6 is 15.9 Å². The zero-order valence-electron chi connectivity index (χ0n) is 18.8. The van der Waals surface area contributed by atoms with Crippen LogP contribution in [0, 0.1) is 22.7 Å². The van der Waals surface area contributed by atoms with E-state index in [4.69, 9.17) is 4.74 Å². The predicted octanol–water partition coefficient (Wildman–Crippen LogP) is 3.98. The lowest BCUT2D eigenvalue weighted by Gasteiger charge is -2.46. The summed E-state index contributed by atoms with van der Waals surface area (Å²) in [5, 5.41) is 33.1. The molecule has 0 amide bonds. The maximum atomic E-state index is 13.3. The number of halogens is 1. The van der Waals surface area contributed by atoms with Crippen molar-refractivity contribution in [2.45, 2.75) is 71.5 Å². The number of Topliss-reactive ketones (excluding diaryl/α,β-unsaturated/α-hetero) is 2. The van der Waals surface area contributed by atoms with Gasteiger partial charge in [0.25, 0.3) is 0 Å². The van der Waals surface area contributed by atoms with Gasteiger partial charge in [0.2, 0.25) is 0 Å². The van der Waals surface area contributed by atoms with Gasteiger partial charge in [0.1, 0.15) is 11.6 Å². The topological polar surface area (TPSA) is 104 Å². The number of hydrogen-bond donors (Lipinski definition) is 3. The Balaban J connectivity index is 2.18. The summed E-state index contributed by atoms with van der Waals surface area (Å²) in [6, 6.07) is 3.25. The second-order valence-electron chi connectivity index (χ2n) is 10.8. The second-order valence-corrected chi connectivity index (χ2v) is 11.7. The number of methoxy groups -OCH3 is 1. The Morgan fingerprint density at radius 1 is 0.968 bits per heavy atom. The standard InChI is InChI=1S/C24H33BrO6/c1-23(2)8-14(26)20(15(27)9-23)19(13-6-12(25)7-18(31-5)22(13)30)21-16(28)10-24(3,4)11-17(21)29/h6-7,14,16,19-21,26,28,30H,8-11H2,1-5H3/t14-,16-,19?,20-,21+/m0/s1. The molecule has 3 N–H and O–H groups in total. The zero-order valence-corrected chi connectivity index (χ0v) is 20.4. The van der Waals surface area contributed by atoms with E-state index in [2.05, 4.69) is 15.9 Å². The van der Waals surface area contributed by atoms with E-state index in [0.717, 1.165) is 0 Å². The number of phenols is 1. The summed E-state index contributed by atoms with van der Waals surface area (Å²) in [5.41, 5.74) is -0.377. The Kier molecular flexibility index (Phi) is 6.63. The lowest BCUT2D eigenvalue weighted by Crippen LogP contribution is -2.51. The molecule has 172 valence electrons. The molecule has 3 rings (SSSR count). The van der Waals surface area contributed by atoms with Crippen LogP contribution in [-0.2, 0) is 9.59 Å². The number of aliphatic hydroxyl groups is 2. The largest absolute Gasteiger partial charge is 0.504 e. The molecule has 1 unspecified atom stereocenters. The molecule has 2 aliphatic carbocycles. The number of hydrogen-bond acceptors (Lipinski definition) is 6. The van der Waals surface area contributed by atoms with Crippen molar-refractivity contribution >= 4 is 27.5 Å². The van der Waals surface area contributed by atoms with Crippen molar-refractivity contribution in [3.05, 3.63) is 22.2 Å². The number of ketones is 2. The first-order chi connectivity index (χ1) is 14.3. The molecule has 7 heteroatoms. The molecular weight excluding hydrogens is 464 g/mol. The number of carbonyl (C=O) groups is 2. The summed E-state index contributed by atoms with van der Waals surface area (Å²) in [5.74, 6) is -2.95. The maximum Gasteiger partial charge on any atom is 0.161 e. The molecule has 0 aromatic heterocycles. The molecule has 5 atom stereocenters. The van der Waals surface area contributed by atoms with Gasteiger partial charge in [-0.05, 0) is 35.8 Å². The smallest absolute Gasteiger partial charge is 0.161 e. The first-order valence-electron chi connectivity index (χ1n) is 10.7. The molecule has 0 radical (unpaired) electrons. The third kappa shape index (κ3) is 4.83. The van der Waals surface area contributed by atoms with Crippen LogP contribution in [-0.4, -0.2) is 46.2 Å². The van der Waals surface area contributed by atoms with Gasteiger partial charge in [0, 0.05) is 28.8 Å². The van der Waals surface area contributed by atoms with Crippen molar-refractivity contribution in [2.24, 2.45) is 22.7 Å². The molecule has 0 bridgehead atoms. The molecule has 2 aliphatic rings. The third-order valence-electron chi connectivity index (χ3n) is 6.82. The minimum Gasteiger partial charge on any atom is -0.504 e. The van der Waals surface area contributed by atoms with Gasteiger partial charge in [-0.15, -0.1) is 0 Å². The fraction of sp³-hybridized carbons (Fsp3) is 0.667. The van der Waals surface area contributed by atoms with E-state index in [-0.39, 0.29) is 46.7 Å². The molecule has 0 heterocycles. The first kappa shape index (κ1) is 24.2. The molecule has 0 saturated heterocycles. The highest BCUT2D eigenvalue weighted by Crippen LogP contribution is 2.52. The summed E-state index contributed by atoms with van der Waals surface area (Å²) in [4.78, 5) is 26.6. The summed E-state index contributed by atoms with van der Waals surface area (Å²) in [7, 11) is 1.42. The minimum atomic E-state index is -0.986. The Morgan fingerprint density at radius 3 is 1.81 bits per heavy atom. The van der Waals surface area contributed by atoms with Gasteiger partial charge in [-0.2, -0.15) is 0 Å². The van der Waals surface area contributed by atoms with Gasteiger partial charge >= 0.3 is 0 Å². The van der Waals surface area contributed by atoms with Crippen LogP contribution in [0.3, 0.4) is 0 Å². The second kappa shape index (κ2) is 8.49. The van der Waals surface area contributed by atoms with Crippen LogP contribution in [0.1, 0.15) is 64.9 Å². The first-order valence-corrected chi connectivity index (χ1v) is 11.5. The van der Waals surface area contributed by atoms with Crippen molar-refractivity contribution in [2.75, 3.05) is 7.11 Å². The van der Waals surface area contributed by atoms with Crippen molar-refractivity contribution in [3.8, 4) is 11.5 Å². The number of phenolic OH excluding ortho intramolecular Hbond substituents is 1. The Morgan fingerprint density at radius 2 is 1.42 bits per heavy atom. The number of ether oxygens (including phenoxy) is 1. The predicted molar refractivity (Wildman–Crippen MR) is 120 cm³/mol. The Hall–Kier alpha value is -1.44. The van der Waals surface area contributed by atoms with Crippen LogP contribution in [0.5, 0.6) is 11.5 Å². The van der Waals surface area contributed by atoms with Crippen molar-refractivity contribution in [1.82, 2.24) is 0 Å². The van der Waals surface area contributed by atoms with Crippen LogP contribution in [0.2, 0.25) is 0 Å². The quantitative estimate of drug-likeness (QED) is 0.582. The minimum absolute atomic E-state index is 0.156. The summed E-state index contributed by atoms with van der Waals surface area (Å²) < 4.78 is 5.90. The molecular formula is C24H33BrO6. The highest BCUT2D eigenvalue weighted by molar-refractivity contribution is 9.10. The summed E-state index contributed by atoms with van der Waals surface area (Å²) in [6.07, 6.45) is -0.650. The molecule has 0 aliphatic heterocycles. The number of aromatic hydroxyl groups is 1. The fourth-order valence-electron chi connectivity index (χ4n) is 5.63. The monoisotopic (exact) mass is 496 g/mol. The average molecular weight is 497 g/mol. The van der Waals surface area contributed by atoms with Gasteiger partial charge in [-0.3, -0.25) is 9.59 Å². The van der Waals surface area contributed by atoms with E-state index in [1.165, 1.54) is 7.11 Å². The number of aliphatic hydroxyl groups excluding tert-OH is 2. The zero-order chi connectivity index (χ0) is 23.3. The van der Waals surface area contributed by atoms with Crippen molar-refractivity contribution < 1.29 is 29.6 Å². The normalized spacial score (nSPS) is 31.4. The third-order valence-corrected chi connectivity index (χ3v) is 7.28. The lowest BCUT2D eigenvalue weighted by atomic mass is 9.58. The van der Waals surface area contributed by atoms with E-state index in [1.807, 2.05) is 27.7 Å². The molecule has 31 heavy (non-hydrogen) atoms. The highest BCUT2D eigenvalue weighted by atomic mass is 79.9. The molecule has 6 nitrogen and oxygen atoms in total. The SMILES string of the molecule is COc1cc(Br)cc(C([C@H]2C(=O)CC(C)(C)C[C@@H]2O)[C@@H]2C(=O)CC(C)(C)C[C@@H]2O)c1O. The van der Waals surface area contributed by atoms with Crippen LogP contribution in [0.25, 0.3) is 0 Å². The summed E-state index contributed by atoms with van der Waals surface area (Å²) >= 11 is 3.42. The molecule has 1 aromatic carbocycles. The maximum absolute atomic E-state index is 13.3. The summed E-state index contributed by atoms with van der Waals surface area (Å²) in [6.45, 7) is 7.73. The number of rotatable bonds is 4. The Bertz CT molecular complexity index is 835. The number of benzene rings is 1. The van der Waals surface area contributed by atoms with Crippen molar-refractivity contribution in [1.29, 1.82) is 0 Å². The Labute approximate surface area is 192 Å². The van der Waals surface area contributed by atoms with E-state index in [9.17, 15) is 24.9 Å². The van der Waals surface area contributed by atoms with Gasteiger partial charge < -0.3 is 20.1 Å². The van der Waals surface area contributed by atoms with Gasteiger partial charge in [-0.25, -0.2) is 0 Å². The molecule has 0 spiro atoms. The highest BCUT2D eigenvalue weighted by Gasteiger charge is 2.52. The fourth-order valence-corrected chi connectivity index (χ4v) is 6.09. The van der Waals surface area contributed by atoms with Crippen LogP contribution in [0.4, 0.5) is 0 Å². The van der Waals surface area contributed by atoms with Crippen LogP contribution in [0.15, 0.2) is 16.6 Å². The van der Waals surface area contributed by atoms with E-state index in [1.54, 1.807) is 12.1 Å². The molecule has 1 aromatic rings. The van der Waals surface area contributed by atoms with E-state index >= 15 is 0 Å². The van der Waals surface area contributed by atoms with E-state index in [0.29, 0.717) is 22.9 Å². The molecule has 2 saturated carbocycles. The lowest BCUT2D eigenvalue weighted by molar-refractivity contribution is -0.144.